The molecule has 0 aliphatic rings. The van der Waals surface area contributed by atoms with Crippen LogP contribution < -0.4 is 10.5 Å². The zero-order valence-corrected chi connectivity index (χ0v) is 9.60. The third-order valence-electron chi connectivity index (χ3n) is 2.21. The summed E-state index contributed by atoms with van der Waals surface area (Å²) in [6.45, 7) is 0.840. The summed E-state index contributed by atoms with van der Waals surface area (Å²) in [5.74, 6) is -2.03. The molecule has 0 aliphatic heterocycles. The quantitative estimate of drug-likeness (QED) is 0.911. The zero-order chi connectivity index (χ0) is 13.2. The van der Waals surface area contributed by atoms with Gasteiger partial charge in [-0.05, 0) is 24.3 Å². The first kappa shape index (κ1) is 12.2. The van der Waals surface area contributed by atoms with Crippen LogP contribution >= 0.6 is 0 Å². The molecule has 0 aliphatic carbocycles. The van der Waals surface area contributed by atoms with Crippen molar-refractivity contribution in [3.05, 3.63) is 42.2 Å². The Kier molecular flexibility index (Phi) is 3.10. The molecule has 18 heavy (non-hydrogen) atoms. The lowest BCUT2D eigenvalue weighted by molar-refractivity contribution is 0.0174. The number of nitrogen functional groups attached to an aromatic ring is 1. The largest absolute Gasteiger partial charge is 0.437 e. The average molecular weight is 251 g/mol. The molecule has 1 aromatic heterocycles. The van der Waals surface area contributed by atoms with Crippen LogP contribution in [0.25, 0.3) is 0 Å². The third-order valence-corrected chi connectivity index (χ3v) is 2.21. The lowest BCUT2D eigenvalue weighted by Gasteiger charge is -2.11. The van der Waals surface area contributed by atoms with Crippen molar-refractivity contribution in [2.45, 2.75) is 12.8 Å². The predicted octanol–water partition coefficient (Wildman–Crippen LogP) is 2.96. The fraction of sp³-hybridized carbons (Fsp3) is 0.167. The number of nitrogens with two attached hydrogens (primary N) is 1. The second kappa shape index (κ2) is 4.56. The number of halogens is 2. The summed E-state index contributed by atoms with van der Waals surface area (Å²) in [6.07, 6.45) is 2.77. The van der Waals surface area contributed by atoms with Crippen LogP contribution in [0.1, 0.15) is 12.5 Å². The van der Waals surface area contributed by atoms with E-state index in [1.807, 2.05) is 0 Å². The zero-order valence-electron chi connectivity index (χ0n) is 9.60. The van der Waals surface area contributed by atoms with Crippen molar-refractivity contribution in [3.8, 4) is 11.6 Å². The monoisotopic (exact) mass is 251 g/mol. The van der Waals surface area contributed by atoms with E-state index in [1.54, 1.807) is 0 Å². The Morgan fingerprint density at radius 1 is 1.17 bits per heavy atom. The van der Waals surface area contributed by atoms with Gasteiger partial charge in [0, 0.05) is 12.5 Å². The normalized spacial score (nSPS) is 11.3. The van der Waals surface area contributed by atoms with E-state index >= 15 is 0 Å². The van der Waals surface area contributed by atoms with Gasteiger partial charge in [-0.25, -0.2) is 8.78 Å². The van der Waals surface area contributed by atoms with Crippen molar-refractivity contribution in [2.75, 3.05) is 5.73 Å². The van der Waals surface area contributed by atoms with Crippen LogP contribution in [0, 0.1) is 0 Å². The van der Waals surface area contributed by atoms with Crippen molar-refractivity contribution >= 4 is 5.82 Å². The van der Waals surface area contributed by atoms with Gasteiger partial charge in [-0.15, -0.1) is 0 Å². The molecule has 0 radical (unpaired) electrons. The fourth-order valence-corrected chi connectivity index (χ4v) is 1.35. The van der Waals surface area contributed by atoms with Gasteiger partial charge in [-0.1, -0.05) is 0 Å². The molecule has 4 nitrogen and oxygen atoms in total. The smallest absolute Gasteiger partial charge is 0.270 e. The van der Waals surface area contributed by atoms with Gasteiger partial charge < -0.3 is 10.5 Å². The van der Waals surface area contributed by atoms with Gasteiger partial charge in [-0.3, -0.25) is 4.98 Å². The summed E-state index contributed by atoms with van der Waals surface area (Å²) < 4.78 is 31.3. The van der Waals surface area contributed by atoms with Crippen LogP contribution in [0.2, 0.25) is 0 Å². The van der Waals surface area contributed by atoms with E-state index in [-0.39, 0.29) is 17.3 Å². The Labute approximate surface area is 102 Å². The molecule has 0 atom stereocenters. The Hall–Kier alpha value is -2.24. The molecule has 0 bridgehead atoms. The Bertz CT molecular complexity index is 538. The number of rotatable bonds is 3. The highest BCUT2D eigenvalue weighted by molar-refractivity contribution is 5.33. The number of hydrogen-bond acceptors (Lipinski definition) is 4. The van der Waals surface area contributed by atoms with Gasteiger partial charge in [0.15, 0.2) is 0 Å². The molecule has 0 spiro atoms. The van der Waals surface area contributed by atoms with E-state index in [0.29, 0.717) is 5.75 Å². The number of anilines is 1. The average Bonchev–Trinajstić information content (AvgIpc) is 2.28. The second-order valence-electron chi connectivity index (χ2n) is 3.80. The first-order valence-corrected chi connectivity index (χ1v) is 5.19. The minimum Gasteiger partial charge on any atom is -0.437 e. The Morgan fingerprint density at radius 2 is 1.83 bits per heavy atom. The SMILES string of the molecule is CC(F)(F)c1ccc(Oc2cncc(N)n2)cc1. The van der Waals surface area contributed by atoms with E-state index in [2.05, 4.69) is 9.97 Å². The van der Waals surface area contributed by atoms with E-state index in [9.17, 15) is 8.78 Å². The van der Waals surface area contributed by atoms with Gasteiger partial charge in [0.05, 0.1) is 12.4 Å². The van der Waals surface area contributed by atoms with Crippen LogP contribution in [0.3, 0.4) is 0 Å². The minimum atomic E-state index is -2.87. The van der Waals surface area contributed by atoms with Gasteiger partial charge in [-0.2, -0.15) is 4.98 Å². The highest BCUT2D eigenvalue weighted by Gasteiger charge is 2.23. The first-order valence-electron chi connectivity index (χ1n) is 5.19. The van der Waals surface area contributed by atoms with Crippen molar-refractivity contribution in [3.63, 3.8) is 0 Å². The first-order chi connectivity index (χ1) is 8.45. The lowest BCUT2D eigenvalue weighted by Crippen LogP contribution is -2.06. The molecule has 2 N–H and O–H groups in total. The molecule has 0 unspecified atom stereocenters. The topological polar surface area (TPSA) is 61.0 Å². The van der Waals surface area contributed by atoms with E-state index in [0.717, 1.165) is 6.92 Å². The summed E-state index contributed by atoms with van der Waals surface area (Å²) in [7, 11) is 0. The molecular weight excluding hydrogens is 240 g/mol. The number of aromatic nitrogens is 2. The van der Waals surface area contributed by atoms with Gasteiger partial charge in [0.1, 0.15) is 11.6 Å². The molecule has 6 heteroatoms. The van der Waals surface area contributed by atoms with Crippen molar-refractivity contribution in [1.29, 1.82) is 0 Å². The van der Waals surface area contributed by atoms with Crippen LogP contribution in [0.5, 0.6) is 11.6 Å². The molecule has 0 saturated carbocycles. The van der Waals surface area contributed by atoms with Crippen LogP contribution in [-0.4, -0.2) is 9.97 Å². The predicted molar refractivity (Wildman–Crippen MR) is 62.5 cm³/mol. The molecule has 2 rings (SSSR count). The standard InChI is InChI=1S/C12H11F2N3O/c1-12(13,14)8-2-4-9(5-3-8)18-11-7-16-6-10(15)17-11/h2-7H,1H3,(H2,15,17). The second-order valence-corrected chi connectivity index (χ2v) is 3.80. The van der Waals surface area contributed by atoms with E-state index in [1.165, 1.54) is 36.7 Å². The molecule has 94 valence electrons. The molecule has 0 amide bonds. The number of ether oxygens (including phenoxy) is 1. The number of nitrogens with zero attached hydrogens (tertiary/aromatic N) is 2. The van der Waals surface area contributed by atoms with Crippen LogP contribution in [0.4, 0.5) is 14.6 Å². The van der Waals surface area contributed by atoms with E-state index < -0.39 is 5.92 Å². The number of hydrogen-bond donors (Lipinski definition) is 1. The molecule has 1 heterocycles. The van der Waals surface area contributed by atoms with Crippen molar-refractivity contribution in [1.82, 2.24) is 9.97 Å². The maximum atomic E-state index is 13.0. The Balaban J connectivity index is 2.16. The van der Waals surface area contributed by atoms with E-state index in [4.69, 9.17) is 10.5 Å². The summed E-state index contributed by atoms with van der Waals surface area (Å²) in [6, 6.07) is 5.49. The van der Waals surface area contributed by atoms with Crippen LogP contribution in [-0.2, 0) is 5.92 Å². The van der Waals surface area contributed by atoms with Crippen molar-refractivity contribution in [2.24, 2.45) is 0 Å². The van der Waals surface area contributed by atoms with Crippen LogP contribution in [0.15, 0.2) is 36.7 Å². The maximum absolute atomic E-state index is 13.0. The summed E-state index contributed by atoms with van der Waals surface area (Å²) in [5.41, 5.74) is 5.37. The third kappa shape index (κ3) is 2.91. The lowest BCUT2D eigenvalue weighted by atomic mass is 10.1. The molecule has 0 saturated heterocycles. The molecule has 2 aromatic rings. The number of alkyl halides is 2. The molecule has 1 aromatic carbocycles. The van der Waals surface area contributed by atoms with Gasteiger partial charge >= 0.3 is 0 Å². The molecule has 0 fully saturated rings. The summed E-state index contributed by atoms with van der Waals surface area (Å²) >= 11 is 0. The van der Waals surface area contributed by atoms with Crippen molar-refractivity contribution < 1.29 is 13.5 Å². The molecular formula is C12H11F2N3O. The van der Waals surface area contributed by atoms with Gasteiger partial charge in [0.2, 0.25) is 5.88 Å². The Morgan fingerprint density at radius 3 is 2.39 bits per heavy atom. The highest BCUT2D eigenvalue weighted by atomic mass is 19.3. The maximum Gasteiger partial charge on any atom is 0.270 e. The summed E-state index contributed by atoms with van der Waals surface area (Å²) in [5, 5.41) is 0. The minimum absolute atomic E-state index is 0.0755. The number of benzene rings is 1. The highest BCUT2D eigenvalue weighted by Crippen LogP contribution is 2.29. The van der Waals surface area contributed by atoms with Gasteiger partial charge in [0.25, 0.3) is 5.92 Å². The fourth-order valence-electron chi connectivity index (χ4n) is 1.35. The summed E-state index contributed by atoms with van der Waals surface area (Å²) in [4.78, 5) is 7.69.